The van der Waals surface area contributed by atoms with Gasteiger partial charge in [0.25, 0.3) is 5.56 Å². The van der Waals surface area contributed by atoms with E-state index < -0.39 is 15.9 Å². The fourth-order valence-corrected chi connectivity index (χ4v) is 4.62. The highest BCUT2D eigenvalue weighted by molar-refractivity contribution is 7.89. The van der Waals surface area contributed by atoms with Gasteiger partial charge in [-0.05, 0) is 43.3 Å². The first-order valence-electron chi connectivity index (χ1n) is 9.62. The van der Waals surface area contributed by atoms with Crippen LogP contribution in [0.5, 0.6) is 0 Å². The van der Waals surface area contributed by atoms with Gasteiger partial charge in [-0.1, -0.05) is 25.5 Å². The lowest BCUT2D eigenvalue weighted by atomic mass is 10.2. The van der Waals surface area contributed by atoms with Gasteiger partial charge < -0.3 is 5.32 Å². The maximum atomic E-state index is 12.6. The second-order valence-corrected chi connectivity index (χ2v) is 8.80. The molecule has 1 heterocycles. The van der Waals surface area contributed by atoms with Gasteiger partial charge in [-0.3, -0.25) is 14.2 Å². The Morgan fingerprint density at radius 2 is 1.77 bits per heavy atom. The molecule has 0 spiro atoms. The van der Waals surface area contributed by atoms with Crippen LogP contribution in [-0.4, -0.2) is 41.3 Å². The van der Waals surface area contributed by atoms with Crippen LogP contribution >= 0.6 is 0 Å². The molecule has 0 unspecified atom stereocenters. The highest BCUT2D eigenvalue weighted by Gasteiger charge is 2.21. The minimum absolute atomic E-state index is 0.162. The molecule has 30 heavy (non-hydrogen) atoms. The molecule has 1 N–H and O–H groups in total. The summed E-state index contributed by atoms with van der Waals surface area (Å²) >= 11 is 0. The molecule has 0 saturated carbocycles. The van der Waals surface area contributed by atoms with Crippen LogP contribution in [0, 0.1) is 6.92 Å². The van der Waals surface area contributed by atoms with Gasteiger partial charge in [-0.15, -0.1) is 0 Å². The number of hydrogen-bond acceptors (Lipinski definition) is 5. The Morgan fingerprint density at radius 1 is 1.10 bits per heavy atom. The minimum atomic E-state index is -3.56. The van der Waals surface area contributed by atoms with Crippen LogP contribution in [0.4, 0.5) is 5.69 Å². The lowest BCUT2D eigenvalue weighted by molar-refractivity contribution is -0.116. The molecule has 158 valence electrons. The Kier molecular flexibility index (Phi) is 6.33. The molecule has 2 aromatic carbocycles. The highest BCUT2D eigenvalue weighted by Crippen LogP contribution is 2.18. The monoisotopic (exact) mass is 428 g/mol. The first-order chi connectivity index (χ1) is 14.3. The number of aromatic nitrogens is 2. The number of rotatable bonds is 7. The van der Waals surface area contributed by atoms with E-state index in [1.54, 1.807) is 26.0 Å². The lowest BCUT2D eigenvalue weighted by Gasteiger charge is -2.18. The molecule has 9 heteroatoms. The summed E-state index contributed by atoms with van der Waals surface area (Å²) in [4.78, 5) is 29.4. The van der Waals surface area contributed by atoms with Crippen LogP contribution < -0.4 is 10.9 Å². The zero-order chi connectivity index (χ0) is 21.9. The quantitative estimate of drug-likeness (QED) is 0.623. The van der Waals surface area contributed by atoms with Crippen molar-refractivity contribution >= 4 is 32.5 Å². The van der Waals surface area contributed by atoms with Crippen LogP contribution in [0.15, 0.2) is 58.5 Å². The van der Waals surface area contributed by atoms with E-state index >= 15 is 0 Å². The summed E-state index contributed by atoms with van der Waals surface area (Å²) < 4.78 is 27.7. The molecular weight excluding hydrogens is 404 g/mol. The van der Waals surface area contributed by atoms with Crippen molar-refractivity contribution in [3.8, 4) is 0 Å². The molecule has 8 nitrogen and oxygen atoms in total. The molecule has 1 aromatic heterocycles. The first kappa shape index (κ1) is 21.7. The lowest BCUT2D eigenvalue weighted by Crippen LogP contribution is -2.30. The Bertz CT molecular complexity index is 1230. The molecule has 0 saturated heterocycles. The van der Waals surface area contributed by atoms with Crippen molar-refractivity contribution < 1.29 is 13.2 Å². The van der Waals surface area contributed by atoms with E-state index in [-0.39, 0.29) is 17.0 Å². The van der Waals surface area contributed by atoms with E-state index in [9.17, 15) is 18.0 Å². The molecule has 0 radical (unpaired) electrons. The molecular formula is C21H24N4O4S. The summed E-state index contributed by atoms with van der Waals surface area (Å²) in [5.74, 6) is -0.412. The molecule has 0 aliphatic heterocycles. The smallest absolute Gasteiger partial charge is 0.261 e. The number of carbonyl (C=O) groups is 1. The third-order valence-corrected chi connectivity index (χ3v) is 6.84. The second-order valence-electron chi connectivity index (χ2n) is 6.86. The average molecular weight is 429 g/mol. The predicted octanol–water partition coefficient (Wildman–Crippen LogP) is 2.37. The van der Waals surface area contributed by atoms with Gasteiger partial charge in [0.15, 0.2) is 0 Å². The predicted molar refractivity (Wildman–Crippen MR) is 116 cm³/mol. The SMILES string of the molecule is CCN(CC)S(=O)(=O)c1ccc(NC(=O)Cn2cnc3ccc(C)cc3c2=O)cc1. The van der Waals surface area contributed by atoms with Crippen LogP contribution in [-0.2, 0) is 21.4 Å². The maximum absolute atomic E-state index is 12.6. The van der Waals surface area contributed by atoms with Crippen molar-refractivity contribution in [2.75, 3.05) is 18.4 Å². The molecule has 0 fully saturated rings. The molecule has 0 bridgehead atoms. The number of anilines is 1. The number of nitrogens with zero attached hydrogens (tertiary/aromatic N) is 3. The van der Waals surface area contributed by atoms with E-state index in [0.29, 0.717) is 29.7 Å². The van der Waals surface area contributed by atoms with Crippen LogP contribution in [0.3, 0.4) is 0 Å². The number of hydrogen-bond donors (Lipinski definition) is 1. The van der Waals surface area contributed by atoms with Crippen LogP contribution in [0.25, 0.3) is 10.9 Å². The van der Waals surface area contributed by atoms with E-state index in [4.69, 9.17) is 0 Å². The number of aryl methyl sites for hydroxylation is 1. The number of sulfonamides is 1. The van der Waals surface area contributed by atoms with E-state index in [1.807, 2.05) is 13.0 Å². The van der Waals surface area contributed by atoms with Crippen molar-refractivity contribution in [3.05, 3.63) is 64.7 Å². The number of benzene rings is 2. The third kappa shape index (κ3) is 4.42. The summed E-state index contributed by atoms with van der Waals surface area (Å²) in [6.45, 7) is 6.00. The van der Waals surface area contributed by atoms with Gasteiger partial charge in [0.05, 0.1) is 22.1 Å². The van der Waals surface area contributed by atoms with Crippen molar-refractivity contribution in [3.63, 3.8) is 0 Å². The fraction of sp³-hybridized carbons (Fsp3) is 0.286. The standard InChI is InChI=1S/C21H24N4O4S/c1-4-25(5-2)30(28,29)17-9-7-16(8-10-17)23-20(26)13-24-14-22-19-11-6-15(3)12-18(19)21(24)27/h6-12,14H,4-5,13H2,1-3H3,(H,23,26). The average Bonchev–Trinajstić information content (AvgIpc) is 2.71. The van der Waals surface area contributed by atoms with Crippen LogP contribution in [0.2, 0.25) is 0 Å². The topological polar surface area (TPSA) is 101 Å². The van der Waals surface area contributed by atoms with Gasteiger partial charge in [0, 0.05) is 18.8 Å². The molecule has 3 rings (SSSR count). The molecule has 3 aromatic rings. The van der Waals surface area contributed by atoms with E-state index in [1.165, 1.54) is 39.5 Å². The summed E-state index contributed by atoms with van der Waals surface area (Å²) in [5, 5.41) is 3.13. The van der Waals surface area contributed by atoms with Crippen molar-refractivity contribution in [2.45, 2.75) is 32.2 Å². The summed E-state index contributed by atoms with van der Waals surface area (Å²) in [6, 6.07) is 11.3. The Hall–Kier alpha value is -3.04. The largest absolute Gasteiger partial charge is 0.325 e. The summed E-state index contributed by atoms with van der Waals surface area (Å²) in [5.41, 5.74) is 1.66. The summed E-state index contributed by atoms with van der Waals surface area (Å²) in [7, 11) is -3.56. The Morgan fingerprint density at radius 3 is 2.40 bits per heavy atom. The Balaban J connectivity index is 1.75. The number of carbonyl (C=O) groups excluding carboxylic acids is 1. The molecule has 0 aliphatic carbocycles. The first-order valence-corrected chi connectivity index (χ1v) is 11.1. The summed E-state index contributed by atoms with van der Waals surface area (Å²) in [6.07, 6.45) is 1.35. The van der Waals surface area contributed by atoms with Crippen molar-refractivity contribution in [2.24, 2.45) is 0 Å². The van der Waals surface area contributed by atoms with Gasteiger partial charge >= 0.3 is 0 Å². The third-order valence-electron chi connectivity index (χ3n) is 4.77. The van der Waals surface area contributed by atoms with Crippen molar-refractivity contribution in [1.82, 2.24) is 13.9 Å². The zero-order valence-electron chi connectivity index (χ0n) is 17.1. The molecule has 1 amide bonds. The number of fused-ring (bicyclic) bond motifs is 1. The van der Waals surface area contributed by atoms with Crippen LogP contribution in [0.1, 0.15) is 19.4 Å². The zero-order valence-corrected chi connectivity index (χ0v) is 17.9. The van der Waals surface area contributed by atoms with E-state index in [0.717, 1.165) is 5.56 Å². The Labute approximate surface area is 175 Å². The number of nitrogens with one attached hydrogen (secondary N) is 1. The molecule has 0 aliphatic rings. The highest BCUT2D eigenvalue weighted by atomic mass is 32.2. The van der Waals surface area contributed by atoms with Gasteiger partial charge in [-0.25, -0.2) is 13.4 Å². The van der Waals surface area contributed by atoms with Gasteiger partial charge in [-0.2, -0.15) is 4.31 Å². The molecule has 0 atom stereocenters. The number of amides is 1. The van der Waals surface area contributed by atoms with E-state index in [2.05, 4.69) is 10.3 Å². The maximum Gasteiger partial charge on any atom is 0.261 e. The van der Waals surface area contributed by atoms with Gasteiger partial charge in [0.1, 0.15) is 6.54 Å². The minimum Gasteiger partial charge on any atom is -0.325 e. The van der Waals surface area contributed by atoms with Gasteiger partial charge in [0.2, 0.25) is 15.9 Å². The van der Waals surface area contributed by atoms with Crippen molar-refractivity contribution in [1.29, 1.82) is 0 Å². The normalized spacial score (nSPS) is 11.7. The second kappa shape index (κ2) is 8.76. The fourth-order valence-electron chi connectivity index (χ4n) is 3.16.